The van der Waals surface area contributed by atoms with E-state index in [2.05, 4.69) is 21.9 Å². The predicted molar refractivity (Wildman–Crippen MR) is 127 cm³/mol. The van der Waals surface area contributed by atoms with Gasteiger partial charge in [-0.15, -0.1) is 11.8 Å². The van der Waals surface area contributed by atoms with Crippen LogP contribution in [0.2, 0.25) is 5.02 Å². The van der Waals surface area contributed by atoms with Gasteiger partial charge in [0.05, 0.1) is 30.9 Å². The standard InChI is InChI=1S/C23H28ClN3O3S/c1-29-22-6-3-17(15-20(22)24)25-7-9-27(10-8-25)23(28)19-16-18(31-2)4-5-21(19)26-11-13-30-14-12-26/h3-6,15-16H,7-14H2,1-2H3. The van der Waals surface area contributed by atoms with E-state index < -0.39 is 0 Å². The monoisotopic (exact) mass is 461 g/mol. The maximum Gasteiger partial charge on any atom is 0.256 e. The number of methoxy groups -OCH3 is 1. The molecule has 2 heterocycles. The third kappa shape index (κ3) is 4.89. The zero-order chi connectivity index (χ0) is 21.8. The molecule has 2 aliphatic heterocycles. The fraction of sp³-hybridized carbons (Fsp3) is 0.435. The van der Waals surface area contributed by atoms with Crippen molar-refractivity contribution in [1.82, 2.24) is 4.90 Å². The SMILES string of the molecule is COc1ccc(N2CCN(C(=O)c3cc(SC)ccc3N3CCOCC3)CC2)cc1Cl. The van der Waals surface area contributed by atoms with Crippen LogP contribution >= 0.6 is 23.4 Å². The van der Waals surface area contributed by atoms with Gasteiger partial charge in [-0.2, -0.15) is 0 Å². The lowest BCUT2D eigenvalue weighted by Gasteiger charge is -2.37. The minimum atomic E-state index is 0.102. The van der Waals surface area contributed by atoms with Crippen molar-refractivity contribution in [2.75, 3.05) is 75.6 Å². The first kappa shape index (κ1) is 22.1. The highest BCUT2D eigenvalue weighted by Crippen LogP contribution is 2.31. The normalized spacial score (nSPS) is 17.1. The van der Waals surface area contributed by atoms with Gasteiger partial charge in [0.25, 0.3) is 5.91 Å². The molecule has 0 aromatic heterocycles. The van der Waals surface area contributed by atoms with Crippen LogP contribution in [0.3, 0.4) is 0 Å². The van der Waals surface area contributed by atoms with Crippen LogP contribution in [0.25, 0.3) is 0 Å². The highest BCUT2D eigenvalue weighted by atomic mass is 35.5. The molecule has 0 N–H and O–H groups in total. The molecule has 1 amide bonds. The van der Waals surface area contributed by atoms with E-state index in [4.69, 9.17) is 21.1 Å². The Morgan fingerprint density at radius 2 is 1.74 bits per heavy atom. The maximum absolute atomic E-state index is 13.5. The maximum atomic E-state index is 13.5. The number of thioether (sulfide) groups is 1. The summed E-state index contributed by atoms with van der Waals surface area (Å²) in [5.41, 5.74) is 2.85. The number of anilines is 2. The third-order valence-electron chi connectivity index (χ3n) is 5.85. The molecule has 31 heavy (non-hydrogen) atoms. The first-order valence-electron chi connectivity index (χ1n) is 10.5. The Morgan fingerprint density at radius 1 is 1.00 bits per heavy atom. The predicted octanol–water partition coefficient (Wildman–Crippen LogP) is 3.87. The molecule has 0 radical (unpaired) electrons. The van der Waals surface area contributed by atoms with Gasteiger partial charge in [0.1, 0.15) is 5.75 Å². The molecule has 2 fully saturated rings. The summed E-state index contributed by atoms with van der Waals surface area (Å²) in [5.74, 6) is 0.772. The zero-order valence-corrected chi connectivity index (χ0v) is 19.5. The second-order valence-electron chi connectivity index (χ2n) is 7.58. The van der Waals surface area contributed by atoms with Gasteiger partial charge >= 0.3 is 0 Å². The fourth-order valence-corrected chi connectivity index (χ4v) is 4.78. The Morgan fingerprint density at radius 3 is 2.39 bits per heavy atom. The molecule has 0 unspecified atom stereocenters. The minimum absolute atomic E-state index is 0.102. The molecule has 2 aromatic rings. The number of piperazine rings is 1. The summed E-state index contributed by atoms with van der Waals surface area (Å²) >= 11 is 7.96. The smallest absolute Gasteiger partial charge is 0.256 e. The summed E-state index contributed by atoms with van der Waals surface area (Å²) in [5, 5.41) is 0.600. The van der Waals surface area contributed by atoms with E-state index in [9.17, 15) is 4.79 Å². The molecule has 4 rings (SSSR count). The van der Waals surface area contributed by atoms with Crippen molar-refractivity contribution in [2.45, 2.75) is 4.90 Å². The second kappa shape index (κ2) is 10.0. The van der Waals surface area contributed by atoms with Crippen molar-refractivity contribution >= 4 is 40.6 Å². The number of amides is 1. The molecular formula is C23H28ClN3O3S. The molecule has 2 aliphatic rings. The number of morpholine rings is 1. The van der Waals surface area contributed by atoms with Gasteiger partial charge in [0.15, 0.2) is 0 Å². The first-order chi connectivity index (χ1) is 15.1. The number of ether oxygens (including phenoxy) is 2. The molecule has 0 saturated carbocycles. The number of halogens is 1. The summed E-state index contributed by atoms with van der Waals surface area (Å²) in [7, 11) is 1.61. The Labute approximate surface area is 193 Å². The van der Waals surface area contributed by atoms with Crippen molar-refractivity contribution in [2.24, 2.45) is 0 Å². The molecule has 8 heteroatoms. The quantitative estimate of drug-likeness (QED) is 0.630. The number of rotatable bonds is 5. The van der Waals surface area contributed by atoms with Crippen LogP contribution in [0.1, 0.15) is 10.4 Å². The Bertz CT molecular complexity index is 928. The van der Waals surface area contributed by atoms with Crippen molar-refractivity contribution in [3.05, 3.63) is 47.0 Å². The number of benzene rings is 2. The van der Waals surface area contributed by atoms with Crippen LogP contribution in [-0.2, 0) is 4.74 Å². The van der Waals surface area contributed by atoms with Gasteiger partial charge < -0.3 is 24.2 Å². The molecule has 0 bridgehead atoms. The average molecular weight is 462 g/mol. The number of hydrogen-bond acceptors (Lipinski definition) is 6. The fourth-order valence-electron chi connectivity index (χ4n) is 4.08. The van der Waals surface area contributed by atoms with E-state index in [1.807, 2.05) is 35.4 Å². The number of carbonyl (C=O) groups is 1. The van der Waals surface area contributed by atoms with Crippen LogP contribution < -0.4 is 14.5 Å². The van der Waals surface area contributed by atoms with Gasteiger partial charge in [-0.3, -0.25) is 4.79 Å². The largest absolute Gasteiger partial charge is 0.495 e. The van der Waals surface area contributed by atoms with E-state index in [1.54, 1.807) is 18.9 Å². The highest BCUT2D eigenvalue weighted by Gasteiger charge is 2.26. The summed E-state index contributed by atoms with van der Waals surface area (Å²) in [6.07, 6.45) is 2.04. The van der Waals surface area contributed by atoms with E-state index in [1.165, 1.54) is 0 Å². The summed E-state index contributed by atoms with van der Waals surface area (Å²) in [4.78, 5) is 21.1. The van der Waals surface area contributed by atoms with E-state index >= 15 is 0 Å². The van der Waals surface area contributed by atoms with Crippen LogP contribution in [0.15, 0.2) is 41.3 Å². The lowest BCUT2D eigenvalue weighted by Crippen LogP contribution is -2.49. The van der Waals surface area contributed by atoms with Gasteiger partial charge in [-0.05, 0) is 42.7 Å². The summed E-state index contributed by atoms with van der Waals surface area (Å²) in [6.45, 7) is 5.90. The summed E-state index contributed by atoms with van der Waals surface area (Å²) in [6, 6.07) is 12.0. The third-order valence-corrected chi connectivity index (χ3v) is 6.87. The molecule has 6 nitrogen and oxygen atoms in total. The van der Waals surface area contributed by atoms with Crippen molar-refractivity contribution in [1.29, 1.82) is 0 Å². The van der Waals surface area contributed by atoms with Gasteiger partial charge in [-0.25, -0.2) is 0 Å². The van der Waals surface area contributed by atoms with E-state index in [0.29, 0.717) is 37.1 Å². The molecular weight excluding hydrogens is 434 g/mol. The van der Waals surface area contributed by atoms with Crippen molar-refractivity contribution in [3.63, 3.8) is 0 Å². The first-order valence-corrected chi connectivity index (χ1v) is 12.1. The van der Waals surface area contributed by atoms with Crippen LogP contribution in [0.4, 0.5) is 11.4 Å². The minimum Gasteiger partial charge on any atom is -0.495 e. The van der Waals surface area contributed by atoms with Crippen LogP contribution in [-0.4, -0.2) is 76.7 Å². The van der Waals surface area contributed by atoms with Crippen LogP contribution in [0.5, 0.6) is 5.75 Å². The van der Waals surface area contributed by atoms with Crippen molar-refractivity contribution in [3.8, 4) is 5.75 Å². The molecule has 0 atom stereocenters. The molecule has 2 saturated heterocycles. The molecule has 0 aliphatic carbocycles. The number of nitrogens with zero attached hydrogens (tertiary/aromatic N) is 3. The Hall–Kier alpha value is -2.09. The zero-order valence-electron chi connectivity index (χ0n) is 18.0. The van der Waals surface area contributed by atoms with E-state index in [-0.39, 0.29) is 5.91 Å². The average Bonchev–Trinajstić information content (AvgIpc) is 2.83. The second-order valence-corrected chi connectivity index (χ2v) is 8.87. The lowest BCUT2D eigenvalue weighted by molar-refractivity contribution is 0.0746. The molecule has 0 spiro atoms. The highest BCUT2D eigenvalue weighted by molar-refractivity contribution is 7.98. The Kier molecular flexibility index (Phi) is 7.15. The Balaban J connectivity index is 1.48. The number of carbonyl (C=O) groups excluding carboxylic acids is 1. The molecule has 166 valence electrons. The van der Waals surface area contributed by atoms with E-state index in [0.717, 1.165) is 48.0 Å². The van der Waals surface area contributed by atoms with Gasteiger partial charge in [0.2, 0.25) is 0 Å². The summed E-state index contributed by atoms with van der Waals surface area (Å²) < 4.78 is 10.7. The topological polar surface area (TPSA) is 45.2 Å². The lowest BCUT2D eigenvalue weighted by atomic mass is 10.1. The van der Waals surface area contributed by atoms with Crippen molar-refractivity contribution < 1.29 is 14.3 Å². The van der Waals surface area contributed by atoms with Crippen LogP contribution in [0, 0.1) is 0 Å². The van der Waals surface area contributed by atoms with Gasteiger partial charge in [-0.1, -0.05) is 11.6 Å². The number of hydrogen-bond donors (Lipinski definition) is 0. The van der Waals surface area contributed by atoms with Gasteiger partial charge in [0, 0.05) is 55.5 Å². The molecule has 2 aromatic carbocycles.